The van der Waals surface area contributed by atoms with E-state index in [1.54, 1.807) is 0 Å². The molecule has 0 aromatic heterocycles. The lowest BCUT2D eigenvalue weighted by atomic mass is 9.87. The second kappa shape index (κ2) is 4.65. The Morgan fingerprint density at radius 1 is 1.60 bits per heavy atom. The van der Waals surface area contributed by atoms with E-state index in [1.165, 1.54) is 0 Å². The lowest BCUT2D eigenvalue weighted by Gasteiger charge is -2.35. The molecule has 1 fully saturated rings. The Morgan fingerprint density at radius 2 is 2.27 bits per heavy atom. The van der Waals surface area contributed by atoms with Crippen LogP contribution in [0.2, 0.25) is 0 Å². The number of piperidine rings is 1. The number of amides is 1. The number of hydrogen-bond donors (Lipinski definition) is 0. The van der Waals surface area contributed by atoms with Gasteiger partial charge in [-0.1, -0.05) is 20.8 Å². The molecule has 3 nitrogen and oxygen atoms in total. The van der Waals surface area contributed by atoms with Gasteiger partial charge in [0.2, 0.25) is 5.91 Å². The first-order valence-corrected chi connectivity index (χ1v) is 5.70. The van der Waals surface area contributed by atoms with Crippen LogP contribution in [0.15, 0.2) is 0 Å². The Morgan fingerprint density at radius 3 is 2.80 bits per heavy atom. The highest BCUT2D eigenvalue weighted by Gasteiger charge is 2.32. The van der Waals surface area contributed by atoms with Gasteiger partial charge in [-0.05, 0) is 19.3 Å². The van der Waals surface area contributed by atoms with Crippen LogP contribution in [0.5, 0.6) is 0 Å². The molecule has 1 saturated heterocycles. The summed E-state index contributed by atoms with van der Waals surface area (Å²) in [5.74, 6) is 0.236. The molecule has 0 spiro atoms. The van der Waals surface area contributed by atoms with Gasteiger partial charge in [-0.15, -0.1) is 0 Å². The molecule has 1 atom stereocenters. The highest BCUT2D eigenvalue weighted by Crippen LogP contribution is 2.26. The van der Waals surface area contributed by atoms with Gasteiger partial charge in [-0.3, -0.25) is 4.79 Å². The molecule has 0 N–H and O–H groups in total. The molecule has 0 radical (unpaired) electrons. The Hall–Kier alpha value is -1.04. The first-order chi connectivity index (χ1) is 7.01. The fourth-order valence-corrected chi connectivity index (χ4v) is 1.85. The number of nitrogens with zero attached hydrogens (tertiary/aromatic N) is 2. The van der Waals surface area contributed by atoms with Crippen LogP contribution in [0.4, 0.5) is 0 Å². The molecule has 1 aliphatic rings. The minimum Gasteiger partial charge on any atom is -0.341 e. The Bertz CT molecular complexity index is 278. The van der Waals surface area contributed by atoms with Crippen LogP contribution in [0.25, 0.3) is 0 Å². The van der Waals surface area contributed by atoms with E-state index in [9.17, 15) is 4.79 Å². The first-order valence-electron chi connectivity index (χ1n) is 5.70. The summed E-state index contributed by atoms with van der Waals surface area (Å²) >= 11 is 0. The predicted molar refractivity (Wildman–Crippen MR) is 59.0 cm³/mol. The smallest absolute Gasteiger partial charge is 0.228 e. The SMILES string of the molecule is CCC(C)(C)C(=O)N1CCCC(C#N)C1. The standard InChI is InChI=1S/C12H20N2O/c1-4-12(2,3)11(15)14-7-5-6-10(8-13)9-14/h10H,4-7,9H2,1-3H3. The van der Waals surface area contributed by atoms with E-state index < -0.39 is 0 Å². The van der Waals surface area contributed by atoms with Crippen LogP contribution >= 0.6 is 0 Å². The van der Waals surface area contributed by atoms with Crippen molar-refractivity contribution in [2.75, 3.05) is 13.1 Å². The summed E-state index contributed by atoms with van der Waals surface area (Å²) in [4.78, 5) is 14.0. The van der Waals surface area contributed by atoms with Crippen LogP contribution in [-0.2, 0) is 4.79 Å². The van der Waals surface area contributed by atoms with Gasteiger partial charge in [0.25, 0.3) is 0 Å². The number of hydrogen-bond acceptors (Lipinski definition) is 2. The zero-order valence-electron chi connectivity index (χ0n) is 9.92. The summed E-state index contributed by atoms with van der Waals surface area (Å²) in [7, 11) is 0. The normalized spacial score (nSPS) is 22.3. The number of likely N-dealkylation sites (tertiary alicyclic amines) is 1. The number of rotatable bonds is 2. The second-order valence-corrected chi connectivity index (χ2v) is 4.96. The predicted octanol–water partition coefficient (Wildman–Crippen LogP) is 2.18. The zero-order chi connectivity index (χ0) is 11.5. The van der Waals surface area contributed by atoms with E-state index in [0.29, 0.717) is 6.54 Å². The van der Waals surface area contributed by atoms with Gasteiger partial charge in [0.15, 0.2) is 0 Å². The molecule has 0 bridgehead atoms. The van der Waals surface area contributed by atoms with Crippen LogP contribution in [0.1, 0.15) is 40.0 Å². The fraction of sp³-hybridized carbons (Fsp3) is 0.833. The van der Waals surface area contributed by atoms with E-state index in [1.807, 2.05) is 25.7 Å². The van der Waals surface area contributed by atoms with E-state index in [2.05, 4.69) is 6.07 Å². The molecule has 0 aromatic carbocycles. The summed E-state index contributed by atoms with van der Waals surface area (Å²) < 4.78 is 0. The van der Waals surface area contributed by atoms with E-state index in [0.717, 1.165) is 25.8 Å². The molecule has 15 heavy (non-hydrogen) atoms. The molecule has 1 aliphatic heterocycles. The fourth-order valence-electron chi connectivity index (χ4n) is 1.85. The minimum absolute atomic E-state index is 0.0374. The molecule has 3 heteroatoms. The third kappa shape index (κ3) is 2.71. The average Bonchev–Trinajstić information content (AvgIpc) is 2.28. The quantitative estimate of drug-likeness (QED) is 0.698. The maximum Gasteiger partial charge on any atom is 0.228 e. The molecule has 0 aromatic rings. The largest absolute Gasteiger partial charge is 0.341 e. The first kappa shape index (κ1) is 12.0. The third-order valence-corrected chi connectivity index (χ3v) is 3.35. The van der Waals surface area contributed by atoms with Crippen LogP contribution in [-0.4, -0.2) is 23.9 Å². The molecular formula is C12H20N2O. The molecule has 0 aliphatic carbocycles. The highest BCUT2D eigenvalue weighted by molar-refractivity contribution is 5.82. The topological polar surface area (TPSA) is 44.1 Å². The minimum atomic E-state index is -0.280. The van der Waals surface area contributed by atoms with E-state index >= 15 is 0 Å². The molecule has 0 saturated carbocycles. The summed E-state index contributed by atoms with van der Waals surface area (Å²) in [6.07, 6.45) is 2.75. The van der Waals surface area contributed by atoms with E-state index in [-0.39, 0.29) is 17.2 Å². The van der Waals surface area contributed by atoms with Crippen molar-refractivity contribution < 1.29 is 4.79 Å². The van der Waals surface area contributed by atoms with Gasteiger partial charge in [0.1, 0.15) is 0 Å². The van der Waals surface area contributed by atoms with E-state index in [4.69, 9.17) is 5.26 Å². The van der Waals surface area contributed by atoms with Crippen molar-refractivity contribution in [2.24, 2.45) is 11.3 Å². The number of carbonyl (C=O) groups is 1. The van der Waals surface area contributed by atoms with Gasteiger partial charge in [-0.25, -0.2) is 0 Å². The Kier molecular flexibility index (Phi) is 3.73. The number of carbonyl (C=O) groups excluding carboxylic acids is 1. The van der Waals surface area contributed by atoms with Crippen LogP contribution in [0.3, 0.4) is 0 Å². The molecule has 1 unspecified atom stereocenters. The van der Waals surface area contributed by atoms with Crippen molar-refractivity contribution in [1.29, 1.82) is 5.26 Å². The maximum atomic E-state index is 12.1. The van der Waals surface area contributed by atoms with Gasteiger partial charge < -0.3 is 4.90 Å². The summed E-state index contributed by atoms with van der Waals surface area (Å²) in [5.41, 5.74) is -0.280. The van der Waals surface area contributed by atoms with Crippen molar-refractivity contribution >= 4 is 5.91 Å². The van der Waals surface area contributed by atoms with Crippen molar-refractivity contribution in [3.8, 4) is 6.07 Å². The van der Waals surface area contributed by atoms with Crippen molar-refractivity contribution in [3.05, 3.63) is 0 Å². The van der Waals surface area contributed by atoms with Gasteiger partial charge in [-0.2, -0.15) is 5.26 Å². The monoisotopic (exact) mass is 208 g/mol. The molecule has 1 rings (SSSR count). The third-order valence-electron chi connectivity index (χ3n) is 3.35. The van der Waals surface area contributed by atoms with Crippen LogP contribution < -0.4 is 0 Å². The van der Waals surface area contributed by atoms with Crippen molar-refractivity contribution in [2.45, 2.75) is 40.0 Å². The molecule has 1 heterocycles. The molecule has 84 valence electrons. The second-order valence-electron chi connectivity index (χ2n) is 4.96. The average molecular weight is 208 g/mol. The summed E-state index contributed by atoms with van der Waals surface area (Å²) in [5, 5.41) is 8.86. The van der Waals surface area contributed by atoms with Gasteiger partial charge >= 0.3 is 0 Å². The maximum absolute atomic E-state index is 12.1. The van der Waals surface area contributed by atoms with Crippen LogP contribution in [0, 0.1) is 22.7 Å². The zero-order valence-corrected chi connectivity index (χ0v) is 9.92. The lowest BCUT2D eigenvalue weighted by Crippen LogP contribution is -2.45. The van der Waals surface area contributed by atoms with Crippen molar-refractivity contribution in [3.63, 3.8) is 0 Å². The van der Waals surface area contributed by atoms with Crippen molar-refractivity contribution in [1.82, 2.24) is 4.90 Å². The summed E-state index contributed by atoms with van der Waals surface area (Å²) in [6.45, 7) is 7.43. The van der Waals surface area contributed by atoms with Gasteiger partial charge in [0, 0.05) is 18.5 Å². The Labute approximate surface area is 92.1 Å². The lowest BCUT2D eigenvalue weighted by molar-refractivity contribution is -0.142. The summed E-state index contributed by atoms with van der Waals surface area (Å²) in [6, 6.07) is 2.26. The van der Waals surface area contributed by atoms with Gasteiger partial charge in [0.05, 0.1) is 12.0 Å². The highest BCUT2D eigenvalue weighted by atomic mass is 16.2. The molecule has 1 amide bonds. The number of nitriles is 1. The molecular weight excluding hydrogens is 188 g/mol. The Balaban J connectivity index is 2.65.